The van der Waals surface area contributed by atoms with Crippen molar-refractivity contribution in [1.82, 2.24) is 0 Å². The summed E-state index contributed by atoms with van der Waals surface area (Å²) in [6.07, 6.45) is -2.70. The van der Waals surface area contributed by atoms with Gasteiger partial charge in [0.1, 0.15) is 10.4 Å². The molecule has 3 nitrogen and oxygen atoms in total. The average Bonchev–Trinajstić information content (AvgIpc) is 2.83. The van der Waals surface area contributed by atoms with Crippen LogP contribution >= 0.6 is 15.9 Å². The molecule has 1 aromatic rings. The second kappa shape index (κ2) is 4.13. The molecule has 0 fully saturated rings. The molecule has 1 heterocycles. The number of fused-ring (bicyclic) bond motifs is 2. The molecule has 0 saturated heterocycles. The van der Waals surface area contributed by atoms with Crippen molar-refractivity contribution in [2.45, 2.75) is 31.2 Å². The number of oxime groups is 1. The molecule has 0 N–H and O–H groups in total. The highest BCUT2D eigenvalue weighted by Crippen LogP contribution is 2.47. The number of aryl methyl sites for hydroxylation is 1. The van der Waals surface area contributed by atoms with E-state index in [9.17, 15) is 13.2 Å². The normalized spacial score (nSPS) is 25.2. The minimum atomic E-state index is -4.67. The fraction of sp³-hybridized carbons (Fsp3) is 0.417. The molecule has 1 aliphatic heterocycles. The molecule has 0 aromatic heterocycles. The Morgan fingerprint density at radius 2 is 2.16 bits per heavy atom. The summed E-state index contributed by atoms with van der Waals surface area (Å²) in [5, 5.41) is 3.87. The van der Waals surface area contributed by atoms with E-state index in [1.807, 2.05) is 0 Å². The van der Waals surface area contributed by atoms with E-state index in [4.69, 9.17) is 4.84 Å². The molecule has 1 spiro atoms. The molecule has 0 unspecified atom stereocenters. The Balaban J connectivity index is 1.89. The van der Waals surface area contributed by atoms with Gasteiger partial charge in [0.25, 0.3) is 0 Å². The van der Waals surface area contributed by atoms with Crippen LogP contribution in [0.2, 0.25) is 0 Å². The predicted octanol–water partition coefficient (Wildman–Crippen LogP) is 3.86. The molecule has 2 aliphatic rings. The van der Waals surface area contributed by atoms with E-state index in [0.29, 0.717) is 19.3 Å². The van der Waals surface area contributed by atoms with Gasteiger partial charge in [-0.3, -0.25) is 0 Å². The van der Waals surface area contributed by atoms with Crippen LogP contribution in [0.5, 0.6) is 5.75 Å². The summed E-state index contributed by atoms with van der Waals surface area (Å²) in [7, 11) is 0. The van der Waals surface area contributed by atoms with Gasteiger partial charge in [-0.2, -0.15) is 0 Å². The predicted molar refractivity (Wildman–Crippen MR) is 65.2 cm³/mol. The van der Waals surface area contributed by atoms with Gasteiger partial charge in [-0.1, -0.05) is 11.2 Å². The first-order chi connectivity index (χ1) is 8.88. The third-order valence-corrected chi connectivity index (χ3v) is 3.78. The van der Waals surface area contributed by atoms with Gasteiger partial charge in [0.05, 0.1) is 0 Å². The largest absolute Gasteiger partial charge is 0.573 e. The van der Waals surface area contributed by atoms with E-state index in [1.54, 1.807) is 6.07 Å². The highest BCUT2D eigenvalue weighted by Gasteiger charge is 2.45. The van der Waals surface area contributed by atoms with E-state index < -0.39 is 12.0 Å². The number of alkyl halides is 3. The van der Waals surface area contributed by atoms with Crippen LogP contribution in [0.15, 0.2) is 23.4 Å². The Hall–Kier alpha value is -1.24. The van der Waals surface area contributed by atoms with Crippen LogP contribution < -0.4 is 4.74 Å². The topological polar surface area (TPSA) is 30.8 Å². The number of ether oxygens (including phenoxy) is 1. The van der Waals surface area contributed by atoms with Gasteiger partial charge in [0.2, 0.25) is 0 Å². The number of halogens is 4. The quantitative estimate of drug-likeness (QED) is 0.780. The maximum atomic E-state index is 12.2. The van der Waals surface area contributed by atoms with Gasteiger partial charge < -0.3 is 9.57 Å². The maximum absolute atomic E-state index is 12.2. The van der Waals surface area contributed by atoms with E-state index >= 15 is 0 Å². The smallest absolute Gasteiger partial charge is 0.406 e. The van der Waals surface area contributed by atoms with Crippen LogP contribution in [0.4, 0.5) is 13.2 Å². The average molecular weight is 336 g/mol. The van der Waals surface area contributed by atoms with Crippen LogP contribution in [-0.4, -0.2) is 11.0 Å². The number of hydrogen-bond donors (Lipinski definition) is 0. The maximum Gasteiger partial charge on any atom is 0.573 e. The van der Waals surface area contributed by atoms with Crippen LogP contribution in [0.3, 0.4) is 0 Å². The minimum Gasteiger partial charge on any atom is -0.406 e. The minimum absolute atomic E-state index is 0.193. The van der Waals surface area contributed by atoms with Gasteiger partial charge in [-0.15, -0.1) is 13.2 Å². The first kappa shape index (κ1) is 12.8. The van der Waals surface area contributed by atoms with Crippen molar-refractivity contribution in [1.29, 1.82) is 0 Å². The summed E-state index contributed by atoms with van der Waals surface area (Å²) >= 11 is 3.28. The summed E-state index contributed by atoms with van der Waals surface area (Å²) in [4.78, 5) is 5.46. The molecule has 7 heteroatoms. The Morgan fingerprint density at radius 1 is 1.37 bits per heavy atom. The van der Waals surface area contributed by atoms with Crippen molar-refractivity contribution < 1.29 is 22.7 Å². The molecule has 0 radical (unpaired) electrons. The Labute approximate surface area is 115 Å². The molecule has 0 saturated carbocycles. The lowest BCUT2D eigenvalue weighted by molar-refractivity contribution is -0.274. The zero-order chi connectivity index (χ0) is 13.7. The first-order valence-corrected chi connectivity index (χ1v) is 6.47. The van der Waals surface area contributed by atoms with Crippen LogP contribution in [0.25, 0.3) is 0 Å². The Morgan fingerprint density at radius 3 is 2.79 bits per heavy atom. The van der Waals surface area contributed by atoms with Crippen molar-refractivity contribution >= 4 is 20.6 Å². The monoisotopic (exact) mass is 335 g/mol. The van der Waals surface area contributed by atoms with Crippen molar-refractivity contribution in [3.8, 4) is 5.75 Å². The molecule has 0 amide bonds. The lowest BCUT2D eigenvalue weighted by Gasteiger charge is -2.21. The molecule has 1 aliphatic carbocycles. The van der Waals surface area contributed by atoms with Gasteiger partial charge >= 0.3 is 6.36 Å². The fourth-order valence-corrected chi connectivity index (χ4v) is 3.13. The number of benzene rings is 1. The van der Waals surface area contributed by atoms with Crippen molar-refractivity contribution in [2.75, 3.05) is 0 Å². The fourth-order valence-electron chi connectivity index (χ4n) is 2.61. The van der Waals surface area contributed by atoms with Gasteiger partial charge in [-0.05, 0) is 46.5 Å². The van der Waals surface area contributed by atoms with Gasteiger partial charge in [0.15, 0.2) is 5.60 Å². The molecule has 1 atom stereocenters. The second-order valence-corrected chi connectivity index (χ2v) is 5.51. The molecular weight excluding hydrogens is 327 g/mol. The highest BCUT2D eigenvalue weighted by molar-refractivity contribution is 9.18. The zero-order valence-corrected chi connectivity index (χ0v) is 11.2. The molecule has 3 rings (SSSR count). The Kier molecular flexibility index (Phi) is 2.78. The van der Waals surface area contributed by atoms with E-state index in [0.717, 1.165) is 15.7 Å². The number of hydrogen-bond acceptors (Lipinski definition) is 3. The summed E-state index contributed by atoms with van der Waals surface area (Å²) in [5.41, 5.74) is 1.18. The van der Waals surface area contributed by atoms with E-state index in [-0.39, 0.29) is 5.75 Å². The summed E-state index contributed by atoms with van der Waals surface area (Å²) in [6.45, 7) is 0. The highest BCUT2D eigenvalue weighted by atomic mass is 79.9. The first-order valence-electron chi connectivity index (χ1n) is 5.68. The number of nitrogens with zero attached hydrogens (tertiary/aromatic N) is 1. The lowest BCUT2D eigenvalue weighted by Crippen LogP contribution is -2.22. The van der Waals surface area contributed by atoms with Crippen molar-refractivity contribution in [2.24, 2.45) is 5.16 Å². The lowest BCUT2D eigenvalue weighted by atomic mass is 9.93. The van der Waals surface area contributed by atoms with Crippen LogP contribution in [-0.2, 0) is 16.9 Å². The second-order valence-electron chi connectivity index (χ2n) is 4.60. The summed E-state index contributed by atoms with van der Waals surface area (Å²) in [6, 6.07) is 4.37. The molecule has 102 valence electrons. The SMILES string of the molecule is FC(F)(F)Oc1ccc2c(c1)CC[C@@]21CC(Br)=NO1. The summed E-state index contributed by atoms with van der Waals surface area (Å²) < 4.78 is 41.1. The molecule has 19 heavy (non-hydrogen) atoms. The van der Waals surface area contributed by atoms with Crippen molar-refractivity contribution in [3.05, 3.63) is 29.3 Å². The molecule has 0 bridgehead atoms. The van der Waals surface area contributed by atoms with Crippen LogP contribution in [0.1, 0.15) is 24.0 Å². The van der Waals surface area contributed by atoms with E-state index in [2.05, 4.69) is 25.8 Å². The summed E-state index contributed by atoms with van der Waals surface area (Å²) in [5.74, 6) is -0.193. The van der Waals surface area contributed by atoms with Gasteiger partial charge in [0, 0.05) is 12.0 Å². The third-order valence-electron chi connectivity index (χ3n) is 3.35. The van der Waals surface area contributed by atoms with E-state index in [1.165, 1.54) is 12.1 Å². The van der Waals surface area contributed by atoms with Crippen molar-refractivity contribution in [3.63, 3.8) is 0 Å². The van der Waals surface area contributed by atoms with Gasteiger partial charge in [-0.25, -0.2) is 0 Å². The third kappa shape index (κ3) is 2.31. The molecular formula is C12H9BrF3NO2. The molecule has 1 aromatic carbocycles. The zero-order valence-electron chi connectivity index (χ0n) is 9.63. The Bertz CT molecular complexity index is 558. The standard InChI is InChI=1S/C12H9BrF3NO2/c13-10-6-11(19-17-10)4-3-7-5-8(1-2-9(7)11)18-12(14,15)16/h1-2,5H,3-4,6H2/t11-/m1/s1. The number of rotatable bonds is 1. The van der Waals surface area contributed by atoms with Crippen LogP contribution in [0, 0.1) is 0 Å².